The molecule has 0 radical (unpaired) electrons. The maximum atomic E-state index is 13.5. The van der Waals surface area contributed by atoms with Gasteiger partial charge in [0.25, 0.3) is 0 Å². The molecule has 0 amide bonds. The minimum absolute atomic E-state index is 0.00696. The fourth-order valence-corrected chi connectivity index (χ4v) is 6.82. The molecule has 4 rings (SSSR count). The van der Waals surface area contributed by atoms with Crippen molar-refractivity contribution in [3.05, 3.63) is 48.1 Å². The molecule has 3 heterocycles. The second kappa shape index (κ2) is 14.5. The Kier molecular flexibility index (Phi) is 11.2. The van der Waals surface area contributed by atoms with Gasteiger partial charge in [0.15, 0.2) is 0 Å². The van der Waals surface area contributed by atoms with Gasteiger partial charge < -0.3 is 33.5 Å². The van der Waals surface area contributed by atoms with E-state index in [1.54, 1.807) is 13.0 Å². The molecule has 0 unspecified atom stereocenters. The summed E-state index contributed by atoms with van der Waals surface area (Å²) in [4.78, 5) is 26.1. The number of carbonyl (C=O) groups excluding carboxylic acids is 2. The van der Waals surface area contributed by atoms with Crippen LogP contribution in [0.2, 0.25) is 0 Å². The zero-order chi connectivity index (χ0) is 32.1. The van der Waals surface area contributed by atoms with Gasteiger partial charge in [0.1, 0.15) is 30.3 Å². The molecule has 1 spiro atoms. The molecule has 1 N–H and O–H groups in total. The van der Waals surface area contributed by atoms with Crippen LogP contribution in [0.1, 0.15) is 100 Å². The van der Waals surface area contributed by atoms with E-state index >= 15 is 0 Å². The predicted octanol–water partition coefficient (Wildman–Crippen LogP) is 6.26. The van der Waals surface area contributed by atoms with Crippen molar-refractivity contribution >= 4 is 11.9 Å². The maximum Gasteiger partial charge on any atom is 0.346 e. The fourth-order valence-electron chi connectivity index (χ4n) is 6.82. The molecule has 44 heavy (non-hydrogen) atoms. The third-order valence-electron chi connectivity index (χ3n) is 9.85. The van der Waals surface area contributed by atoms with Gasteiger partial charge in [0.05, 0.1) is 37.4 Å². The molecule has 0 aliphatic carbocycles. The van der Waals surface area contributed by atoms with Crippen LogP contribution in [-0.4, -0.2) is 62.0 Å². The summed E-state index contributed by atoms with van der Waals surface area (Å²) in [5, 5.41) is 11.3. The monoisotopic (exact) mass is 614 g/mol. The number of rotatable bonds is 15. The quantitative estimate of drug-likeness (QED) is 0.139. The van der Waals surface area contributed by atoms with Crippen molar-refractivity contribution in [2.75, 3.05) is 26.9 Å². The smallest absolute Gasteiger partial charge is 0.346 e. The maximum absolute atomic E-state index is 13.5. The molecule has 9 heteroatoms. The van der Waals surface area contributed by atoms with Gasteiger partial charge in [-0.05, 0) is 50.2 Å². The van der Waals surface area contributed by atoms with E-state index in [-0.39, 0.29) is 42.8 Å². The minimum Gasteiger partial charge on any atom is -0.488 e. The van der Waals surface area contributed by atoms with Gasteiger partial charge in [-0.15, -0.1) is 0 Å². The highest BCUT2D eigenvalue weighted by Crippen LogP contribution is 2.56. The average Bonchev–Trinajstić information content (AvgIpc) is 3.30. The van der Waals surface area contributed by atoms with Crippen molar-refractivity contribution < 1.29 is 43.1 Å². The molecule has 0 saturated carbocycles. The van der Waals surface area contributed by atoms with Crippen LogP contribution in [-0.2, 0) is 30.2 Å². The first-order valence-corrected chi connectivity index (χ1v) is 16.0. The summed E-state index contributed by atoms with van der Waals surface area (Å²) in [5.74, 6) is -1.75. The van der Waals surface area contributed by atoms with Crippen LogP contribution in [0, 0.1) is 17.3 Å². The predicted molar refractivity (Wildman–Crippen MR) is 166 cm³/mol. The average molecular weight is 615 g/mol. The van der Waals surface area contributed by atoms with E-state index in [0.29, 0.717) is 43.8 Å². The summed E-state index contributed by atoms with van der Waals surface area (Å²) < 4.78 is 36.6. The first-order valence-electron chi connectivity index (χ1n) is 16.0. The molecular formula is C35H50O9. The summed E-state index contributed by atoms with van der Waals surface area (Å²) in [6.07, 6.45) is 7.94. The van der Waals surface area contributed by atoms with Crippen molar-refractivity contribution in [3.8, 4) is 11.5 Å². The van der Waals surface area contributed by atoms with Gasteiger partial charge in [-0.1, -0.05) is 65.3 Å². The van der Waals surface area contributed by atoms with Gasteiger partial charge in [0, 0.05) is 17.9 Å². The summed E-state index contributed by atoms with van der Waals surface area (Å²) >= 11 is 0. The first kappa shape index (κ1) is 34.0. The first-order chi connectivity index (χ1) is 21.1. The lowest BCUT2D eigenvalue weighted by atomic mass is 9.74. The van der Waals surface area contributed by atoms with Crippen LogP contribution in [0.5, 0.6) is 11.5 Å². The number of methoxy groups -OCH3 is 1. The second-order valence-corrected chi connectivity index (χ2v) is 12.6. The molecule has 3 aliphatic rings. The Labute approximate surface area is 261 Å². The summed E-state index contributed by atoms with van der Waals surface area (Å²) in [6.45, 7) is 15.8. The Bertz CT molecular complexity index is 1210. The van der Waals surface area contributed by atoms with E-state index in [9.17, 15) is 14.7 Å². The van der Waals surface area contributed by atoms with Crippen LogP contribution in [0.3, 0.4) is 0 Å². The molecule has 244 valence electrons. The van der Waals surface area contributed by atoms with E-state index in [1.807, 2.05) is 19.9 Å². The van der Waals surface area contributed by atoms with Gasteiger partial charge in [-0.3, -0.25) is 4.79 Å². The molecule has 3 aliphatic heterocycles. The Morgan fingerprint density at radius 3 is 2.64 bits per heavy atom. The molecular weight excluding hydrogens is 564 g/mol. The van der Waals surface area contributed by atoms with Crippen LogP contribution in [0.25, 0.3) is 0 Å². The molecule has 1 aromatic rings. The van der Waals surface area contributed by atoms with E-state index in [2.05, 4.69) is 20.1 Å². The van der Waals surface area contributed by atoms with Crippen LogP contribution < -0.4 is 9.47 Å². The van der Waals surface area contributed by atoms with Gasteiger partial charge in [-0.25, -0.2) is 4.79 Å². The molecule has 9 nitrogen and oxygen atoms in total. The molecule has 1 aromatic carbocycles. The van der Waals surface area contributed by atoms with E-state index in [4.69, 9.17) is 28.4 Å². The van der Waals surface area contributed by atoms with Gasteiger partial charge in [0.2, 0.25) is 5.79 Å². The van der Waals surface area contributed by atoms with E-state index in [1.165, 1.54) is 13.2 Å². The second-order valence-electron chi connectivity index (χ2n) is 12.6. The number of aliphatic hydroxyl groups excluding tert-OH is 1. The van der Waals surface area contributed by atoms with Crippen molar-refractivity contribution in [1.82, 2.24) is 0 Å². The molecule has 1 saturated heterocycles. The number of hydrogen-bond acceptors (Lipinski definition) is 9. The molecule has 0 aromatic heterocycles. The number of ether oxygens (including phenoxy) is 6. The van der Waals surface area contributed by atoms with Crippen LogP contribution in [0.15, 0.2) is 31.4 Å². The number of esters is 2. The van der Waals surface area contributed by atoms with E-state index < -0.39 is 29.2 Å². The number of aliphatic hydroxyl groups is 1. The Morgan fingerprint density at radius 2 is 1.98 bits per heavy atom. The highest BCUT2D eigenvalue weighted by Gasteiger charge is 2.57. The molecule has 7 atom stereocenters. The summed E-state index contributed by atoms with van der Waals surface area (Å²) in [7, 11) is 1.34. The normalized spacial score (nSPS) is 27.4. The third kappa shape index (κ3) is 6.56. The lowest BCUT2D eigenvalue weighted by Crippen LogP contribution is -2.49. The topological polar surface area (TPSA) is 110 Å². The molecule has 1 fully saturated rings. The number of carbonyl (C=O) groups is 2. The lowest BCUT2D eigenvalue weighted by Gasteiger charge is -2.46. The Morgan fingerprint density at radius 1 is 1.23 bits per heavy atom. The minimum atomic E-state index is -1.12. The standard InChI is InChI=1S/C35H50O9/c1-8-12-13-14-25-17-23-18-26(40-15-9-2)30(32(37)41-16-10-3)31-29(23)27(43-25)20-35(44-31)22(5)24(21-42-35)19-28(36)34(6,11-4)33(38)39-7/h9-10,18,22,24-25,27-28,36H,2-3,8,11-17,19-21H2,1,4-7H3/t22-,24+,25+,27-,28+,34-,35-/m0/s1. The summed E-state index contributed by atoms with van der Waals surface area (Å²) in [5.41, 5.74) is 1.01. The van der Waals surface area contributed by atoms with Gasteiger partial charge in [-0.2, -0.15) is 0 Å². The number of benzene rings is 1. The zero-order valence-corrected chi connectivity index (χ0v) is 27.0. The highest BCUT2D eigenvalue weighted by molar-refractivity contribution is 5.97. The largest absolute Gasteiger partial charge is 0.488 e. The number of unbranched alkanes of at least 4 members (excludes halogenated alkanes) is 2. The van der Waals surface area contributed by atoms with Crippen LogP contribution >= 0.6 is 0 Å². The zero-order valence-electron chi connectivity index (χ0n) is 27.0. The van der Waals surface area contributed by atoms with Crippen molar-refractivity contribution in [1.29, 1.82) is 0 Å². The molecule has 0 bridgehead atoms. The fraction of sp³-hybridized carbons (Fsp3) is 0.657. The number of hydrogen-bond donors (Lipinski definition) is 1. The van der Waals surface area contributed by atoms with Crippen molar-refractivity contribution in [2.45, 2.75) is 103 Å². The Hall–Kier alpha value is -2.88. The van der Waals surface area contributed by atoms with Crippen molar-refractivity contribution in [2.24, 2.45) is 17.3 Å². The third-order valence-corrected chi connectivity index (χ3v) is 9.85. The Balaban J connectivity index is 1.74. The SMILES string of the molecule is C=CCOC(=O)c1c(OCC=C)cc2c3c1O[C@]1(C[C@@H]3O[C@H](CCCCC)C2)OC[C@@H](C[C@@H](O)[C@](C)(CC)C(=O)OC)[C@@H]1C. The highest BCUT2D eigenvalue weighted by atomic mass is 16.7. The van der Waals surface area contributed by atoms with Gasteiger partial charge >= 0.3 is 11.9 Å². The van der Waals surface area contributed by atoms with Crippen molar-refractivity contribution in [3.63, 3.8) is 0 Å². The van der Waals surface area contributed by atoms with E-state index in [0.717, 1.165) is 36.8 Å². The van der Waals surface area contributed by atoms with Crippen LogP contribution in [0.4, 0.5) is 0 Å². The summed E-state index contributed by atoms with van der Waals surface area (Å²) in [6, 6.07) is 1.92. The lowest BCUT2D eigenvalue weighted by molar-refractivity contribution is -0.214.